The number of rotatable bonds is 16. The SMILES string of the molecule is O=C(COc1ccccc1)NC(c1ccccc1)c1ccc2cccc(O)c2n1.O=C(COc1ccccc1)NC(c1ccccc1)c1ccc2cccc(OC(=O)COc3ccccc3)c2n1. The maximum atomic E-state index is 12.9. The second kappa shape index (κ2) is 22.7. The van der Waals surface area contributed by atoms with Crippen molar-refractivity contribution < 1.29 is 38.4 Å². The average Bonchev–Trinajstić information content (AvgIpc) is 3.39. The van der Waals surface area contributed by atoms with Crippen molar-refractivity contribution in [2.45, 2.75) is 12.1 Å². The standard InChI is InChI=1S/C32H26N2O5.C24H20N2O3/c35-29(21-37-25-14-6-2-7-15-25)34-31(23-11-4-1-5-12-23)27-20-19-24-13-10-18-28(32(24)33-27)39-30(36)22-38-26-16-8-3-9-17-26;27-21-13-7-10-18-14-15-20(25-24(18)21)23(17-8-3-1-4-9-17)26-22(28)16-29-19-11-5-2-6-12-19/h1-20,31H,21-22H2,(H,34,35);1-15,23,27H,16H2,(H,26,28). The molecule has 0 aliphatic heterocycles. The molecule has 0 bridgehead atoms. The van der Waals surface area contributed by atoms with E-state index in [1.165, 1.54) is 0 Å². The molecule has 68 heavy (non-hydrogen) atoms. The van der Waals surface area contributed by atoms with Gasteiger partial charge in [0.1, 0.15) is 34.0 Å². The fourth-order valence-corrected chi connectivity index (χ4v) is 7.18. The van der Waals surface area contributed by atoms with E-state index in [9.17, 15) is 19.5 Å². The van der Waals surface area contributed by atoms with Crippen LogP contribution in [0.5, 0.6) is 28.7 Å². The lowest BCUT2D eigenvalue weighted by atomic mass is 10.0. The maximum absolute atomic E-state index is 12.9. The van der Waals surface area contributed by atoms with Gasteiger partial charge in [0, 0.05) is 10.8 Å². The lowest BCUT2D eigenvalue weighted by molar-refractivity contribution is -0.136. The van der Waals surface area contributed by atoms with Crippen LogP contribution in [0.1, 0.15) is 34.6 Å². The van der Waals surface area contributed by atoms with Gasteiger partial charge in [-0.05, 0) is 71.8 Å². The van der Waals surface area contributed by atoms with Crippen LogP contribution in [0.3, 0.4) is 0 Å². The molecule has 2 heterocycles. The molecule has 0 aliphatic rings. The van der Waals surface area contributed by atoms with Gasteiger partial charge in [-0.25, -0.2) is 14.8 Å². The number of esters is 1. The van der Waals surface area contributed by atoms with Gasteiger partial charge in [0.05, 0.1) is 23.5 Å². The highest BCUT2D eigenvalue weighted by atomic mass is 16.6. The zero-order valence-electron chi connectivity index (χ0n) is 36.7. The molecule has 338 valence electrons. The first kappa shape index (κ1) is 45.5. The molecule has 0 radical (unpaired) electrons. The number of fused-ring (bicyclic) bond motifs is 2. The molecule has 2 aromatic heterocycles. The number of benzene rings is 7. The largest absolute Gasteiger partial charge is 0.506 e. The van der Waals surface area contributed by atoms with Crippen LogP contribution in [0.25, 0.3) is 21.8 Å². The number of carbonyl (C=O) groups excluding carboxylic acids is 3. The van der Waals surface area contributed by atoms with Gasteiger partial charge >= 0.3 is 5.97 Å². The van der Waals surface area contributed by atoms with E-state index in [-0.39, 0.29) is 37.4 Å². The van der Waals surface area contributed by atoms with Crippen LogP contribution in [0.15, 0.2) is 212 Å². The molecule has 0 spiro atoms. The van der Waals surface area contributed by atoms with Crippen LogP contribution in [0, 0.1) is 0 Å². The molecule has 0 saturated heterocycles. The number of nitrogens with one attached hydrogen (secondary N) is 2. The quantitative estimate of drug-likeness (QED) is 0.0630. The number of aromatic hydroxyl groups is 1. The van der Waals surface area contributed by atoms with E-state index in [0.29, 0.717) is 45.4 Å². The molecular weight excluding hydrogens is 857 g/mol. The number of hydrogen-bond acceptors (Lipinski definition) is 10. The smallest absolute Gasteiger partial charge is 0.349 e. The predicted octanol–water partition coefficient (Wildman–Crippen LogP) is 9.73. The van der Waals surface area contributed by atoms with Gasteiger partial charge < -0.3 is 34.7 Å². The fraction of sp³-hybridized carbons (Fsp3) is 0.0893. The number of aromatic nitrogens is 2. The molecule has 12 heteroatoms. The van der Waals surface area contributed by atoms with E-state index >= 15 is 0 Å². The Bertz CT molecular complexity index is 3070. The number of hydrogen-bond donors (Lipinski definition) is 3. The second-order valence-electron chi connectivity index (χ2n) is 15.3. The molecule has 2 unspecified atom stereocenters. The third-order valence-electron chi connectivity index (χ3n) is 10.4. The summed E-state index contributed by atoms with van der Waals surface area (Å²) in [5.74, 6) is 1.11. The van der Waals surface area contributed by atoms with Gasteiger partial charge in [-0.15, -0.1) is 0 Å². The zero-order valence-corrected chi connectivity index (χ0v) is 36.7. The van der Waals surface area contributed by atoms with Gasteiger partial charge in [0.2, 0.25) is 0 Å². The lowest BCUT2D eigenvalue weighted by Gasteiger charge is -2.20. The van der Waals surface area contributed by atoms with Crippen LogP contribution >= 0.6 is 0 Å². The number of carbonyl (C=O) groups is 3. The monoisotopic (exact) mass is 902 g/mol. The molecule has 12 nitrogen and oxygen atoms in total. The van der Waals surface area contributed by atoms with E-state index in [1.54, 1.807) is 60.7 Å². The van der Waals surface area contributed by atoms with Gasteiger partial charge in [-0.1, -0.05) is 152 Å². The van der Waals surface area contributed by atoms with E-state index in [2.05, 4.69) is 15.6 Å². The van der Waals surface area contributed by atoms with E-state index in [4.69, 9.17) is 23.9 Å². The number of pyridine rings is 2. The number of amides is 2. The first-order chi connectivity index (χ1) is 33.4. The maximum Gasteiger partial charge on any atom is 0.349 e. The third-order valence-corrected chi connectivity index (χ3v) is 10.4. The number of nitrogens with zero attached hydrogens (tertiary/aromatic N) is 2. The Hall–Kier alpha value is -9.03. The van der Waals surface area contributed by atoms with Crippen molar-refractivity contribution in [3.63, 3.8) is 0 Å². The molecule has 0 saturated carbocycles. The predicted molar refractivity (Wildman–Crippen MR) is 259 cm³/mol. The molecule has 9 aromatic rings. The van der Waals surface area contributed by atoms with Crippen molar-refractivity contribution in [1.82, 2.24) is 20.6 Å². The Labute approximate surface area is 392 Å². The van der Waals surface area contributed by atoms with Crippen LogP contribution in [-0.2, 0) is 14.4 Å². The summed E-state index contributed by atoms with van der Waals surface area (Å²) < 4.78 is 22.3. The van der Waals surface area contributed by atoms with Crippen LogP contribution < -0.4 is 29.6 Å². The van der Waals surface area contributed by atoms with Gasteiger partial charge in [0.25, 0.3) is 11.8 Å². The minimum atomic E-state index is -0.551. The first-order valence-electron chi connectivity index (χ1n) is 21.8. The van der Waals surface area contributed by atoms with E-state index < -0.39 is 18.1 Å². The number of para-hydroxylation sites is 5. The molecule has 2 atom stereocenters. The highest BCUT2D eigenvalue weighted by Crippen LogP contribution is 2.30. The molecule has 2 amide bonds. The highest BCUT2D eigenvalue weighted by Gasteiger charge is 2.22. The summed E-state index contributed by atoms with van der Waals surface area (Å²) in [6.07, 6.45) is 0. The molecule has 7 aromatic carbocycles. The normalized spacial score (nSPS) is 11.5. The molecule has 3 N–H and O–H groups in total. The number of phenols is 1. The van der Waals surface area contributed by atoms with E-state index in [1.807, 2.05) is 152 Å². The third kappa shape index (κ3) is 12.4. The number of phenolic OH excluding ortho intramolecular Hbond substituents is 1. The van der Waals surface area contributed by atoms with Crippen molar-refractivity contribution in [1.29, 1.82) is 0 Å². The molecular formula is C56H46N4O8. The number of ether oxygens (including phenoxy) is 4. The Morgan fingerprint density at radius 1 is 0.426 bits per heavy atom. The van der Waals surface area contributed by atoms with Crippen molar-refractivity contribution in [2.75, 3.05) is 19.8 Å². The Morgan fingerprint density at radius 3 is 1.29 bits per heavy atom. The minimum absolute atomic E-state index is 0.105. The summed E-state index contributed by atoms with van der Waals surface area (Å²) in [7, 11) is 0. The summed E-state index contributed by atoms with van der Waals surface area (Å²) in [4.78, 5) is 47.5. The van der Waals surface area contributed by atoms with Crippen LogP contribution in [0.2, 0.25) is 0 Å². The Balaban J connectivity index is 0.000000192. The zero-order chi connectivity index (χ0) is 46.9. The van der Waals surface area contributed by atoms with Crippen LogP contribution in [0.4, 0.5) is 0 Å². The van der Waals surface area contributed by atoms with Gasteiger partial charge in [-0.3, -0.25) is 9.59 Å². The molecule has 0 fully saturated rings. The van der Waals surface area contributed by atoms with Gasteiger partial charge in [0.15, 0.2) is 25.6 Å². The van der Waals surface area contributed by atoms with Crippen molar-refractivity contribution >= 4 is 39.6 Å². The Morgan fingerprint density at radius 2 is 0.824 bits per heavy atom. The lowest BCUT2D eigenvalue weighted by Crippen LogP contribution is -2.33. The fourth-order valence-electron chi connectivity index (χ4n) is 7.18. The Kier molecular flexibility index (Phi) is 15.2. The topological polar surface area (TPSA) is 158 Å². The van der Waals surface area contributed by atoms with Crippen molar-refractivity contribution in [2.24, 2.45) is 0 Å². The summed E-state index contributed by atoms with van der Waals surface area (Å²) in [6, 6.07) is 63.6. The van der Waals surface area contributed by atoms with Crippen LogP contribution in [-0.4, -0.2) is 52.7 Å². The average molecular weight is 903 g/mol. The van der Waals surface area contributed by atoms with Gasteiger partial charge in [-0.2, -0.15) is 0 Å². The van der Waals surface area contributed by atoms with E-state index in [0.717, 1.165) is 21.9 Å². The summed E-state index contributed by atoms with van der Waals surface area (Å²) in [5, 5.41) is 17.8. The summed E-state index contributed by atoms with van der Waals surface area (Å²) in [5.41, 5.74) is 3.97. The van der Waals surface area contributed by atoms with Crippen molar-refractivity contribution in [3.05, 3.63) is 235 Å². The first-order valence-corrected chi connectivity index (χ1v) is 21.8. The molecule has 0 aliphatic carbocycles. The summed E-state index contributed by atoms with van der Waals surface area (Å²) >= 11 is 0. The second-order valence-corrected chi connectivity index (χ2v) is 15.3. The molecule has 9 rings (SSSR count). The minimum Gasteiger partial charge on any atom is -0.506 e. The highest BCUT2D eigenvalue weighted by molar-refractivity contribution is 5.88. The summed E-state index contributed by atoms with van der Waals surface area (Å²) in [6.45, 7) is -0.498. The van der Waals surface area contributed by atoms with Crippen molar-refractivity contribution in [3.8, 4) is 28.7 Å².